The zero-order chi connectivity index (χ0) is 18.9. The average molecular weight is 356 g/mol. The third-order valence-corrected chi connectivity index (χ3v) is 4.31. The lowest BCUT2D eigenvalue weighted by atomic mass is 10.1. The highest BCUT2D eigenvalue weighted by Crippen LogP contribution is 2.27. The largest absolute Gasteiger partial charge is 0.493 e. The normalized spacial score (nSPS) is 10.5. The first-order chi connectivity index (χ1) is 12.5. The molecule has 5 nitrogen and oxygen atoms in total. The predicted octanol–water partition coefficient (Wildman–Crippen LogP) is 3.48. The number of carbonyl (C=O) groups excluding carboxylic acids is 1. The third kappa shape index (κ3) is 5.49. The van der Waals surface area contributed by atoms with Crippen molar-refractivity contribution in [2.75, 3.05) is 32.6 Å². The lowest BCUT2D eigenvalue weighted by molar-refractivity contribution is -0.116. The molecule has 0 aliphatic heterocycles. The first-order valence-electron chi connectivity index (χ1n) is 8.83. The summed E-state index contributed by atoms with van der Waals surface area (Å²) in [6, 6.07) is 11.9. The second-order valence-electron chi connectivity index (χ2n) is 6.25. The van der Waals surface area contributed by atoms with E-state index in [0.717, 1.165) is 46.8 Å². The molecular weight excluding hydrogens is 328 g/mol. The van der Waals surface area contributed by atoms with Gasteiger partial charge in [0.15, 0.2) is 11.5 Å². The summed E-state index contributed by atoms with van der Waals surface area (Å²) in [5.74, 6) is 1.49. The van der Waals surface area contributed by atoms with E-state index in [2.05, 4.69) is 10.6 Å². The number of methoxy groups -OCH3 is 2. The number of hydrogen-bond acceptors (Lipinski definition) is 4. The number of amides is 1. The zero-order valence-corrected chi connectivity index (χ0v) is 16.0. The van der Waals surface area contributed by atoms with E-state index in [4.69, 9.17) is 9.47 Å². The molecule has 140 valence electrons. The molecule has 0 atom stereocenters. The second kappa shape index (κ2) is 9.82. The smallest absolute Gasteiger partial charge is 0.225 e. The predicted molar refractivity (Wildman–Crippen MR) is 105 cm³/mol. The van der Waals surface area contributed by atoms with E-state index in [1.807, 2.05) is 50.2 Å². The van der Waals surface area contributed by atoms with Crippen molar-refractivity contribution in [2.24, 2.45) is 0 Å². The number of benzene rings is 2. The van der Waals surface area contributed by atoms with Crippen LogP contribution in [0.5, 0.6) is 11.5 Å². The van der Waals surface area contributed by atoms with Crippen LogP contribution in [0.2, 0.25) is 0 Å². The molecule has 0 saturated carbocycles. The molecule has 2 rings (SSSR count). The topological polar surface area (TPSA) is 59.6 Å². The van der Waals surface area contributed by atoms with Gasteiger partial charge in [-0.05, 0) is 55.6 Å². The monoisotopic (exact) mass is 356 g/mol. The van der Waals surface area contributed by atoms with Gasteiger partial charge in [0.05, 0.1) is 14.2 Å². The number of nitrogens with one attached hydrogen (secondary N) is 2. The summed E-state index contributed by atoms with van der Waals surface area (Å²) in [4.78, 5) is 12.1. The Morgan fingerprint density at radius 2 is 1.65 bits per heavy atom. The van der Waals surface area contributed by atoms with Crippen molar-refractivity contribution in [3.63, 3.8) is 0 Å². The van der Waals surface area contributed by atoms with E-state index >= 15 is 0 Å². The zero-order valence-electron chi connectivity index (χ0n) is 16.0. The second-order valence-corrected chi connectivity index (χ2v) is 6.25. The van der Waals surface area contributed by atoms with Gasteiger partial charge in [-0.15, -0.1) is 0 Å². The number of rotatable bonds is 9. The Bertz CT molecular complexity index is 724. The molecule has 0 bridgehead atoms. The van der Waals surface area contributed by atoms with Crippen LogP contribution in [-0.2, 0) is 11.2 Å². The Balaban J connectivity index is 1.73. The maximum Gasteiger partial charge on any atom is 0.225 e. The molecule has 0 radical (unpaired) electrons. The van der Waals surface area contributed by atoms with Gasteiger partial charge in [-0.2, -0.15) is 0 Å². The Hall–Kier alpha value is -2.53. The molecule has 2 N–H and O–H groups in total. The first-order valence-corrected chi connectivity index (χ1v) is 8.83. The summed E-state index contributed by atoms with van der Waals surface area (Å²) < 4.78 is 10.6. The highest BCUT2D eigenvalue weighted by molar-refractivity contribution is 5.92. The van der Waals surface area contributed by atoms with Crippen molar-refractivity contribution >= 4 is 11.6 Å². The van der Waals surface area contributed by atoms with Gasteiger partial charge in [0, 0.05) is 18.7 Å². The number of ether oxygens (including phenoxy) is 2. The lowest BCUT2D eigenvalue weighted by Crippen LogP contribution is -2.24. The molecule has 0 unspecified atom stereocenters. The van der Waals surface area contributed by atoms with Crippen molar-refractivity contribution in [1.29, 1.82) is 0 Å². The van der Waals surface area contributed by atoms with Crippen molar-refractivity contribution < 1.29 is 14.3 Å². The lowest BCUT2D eigenvalue weighted by Gasteiger charge is -2.12. The van der Waals surface area contributed by atoms with Crippen LogP contribution in [0, 0.1) is 13.8 Å². The standard InChI is InChI=1S/C21H28N2O3/c1-15-6-5-7-16(2)21(15)23-20(24)11-13-22-12-10-17-8-9-18(25-3)19(14-17)26-4/h5-9,14,22H,10-13H2,1-4H3,(H,23,24). The summed E-state index contributed by atoms with van der Waals surface area (Å²) in [6.45, 7) is 5.45. The number of hydrogen-bond donors (Lipinski definition) is 2. The minimum atomic E-state index is 0.0287. The Labute approximate surface area is 155 Å². The fourth-order valence-electron chi connectivity index (χ4n) is 2.81. The minimum absolute atomic E-state index is 0.0287. The summed E-state index contributed by atoms with van der Waals surface area (Å²) in [5.41, 5.74) is 4.25. The quantitative estimate of drug-likeness (QED) is 0.676. The van der Waals surface area contributed by atoms with Crippen LogP contribution < -0.4 is 20.1 Å². The molecule has 0 aliphatic carbocycles. The van der Waals surface area contributed by atoms with E-state index in [1.54, 1.807) is 14.2 Å². The Morgan fingerprint density at radius 3 is 2.31 bits per heavy atom. The van der Waals surface area contributed by atoms with Crippen LogP contribution in [0.15, 0.2) is 36.4 Å². The van der Waals surface area contributed by atoms with Crippen LogP contribution in [-0.4, -0.2) is 33.2 Å². The van der Waals surface area contributed by atoms with Crippen molar-refractivity contribution in [1.82, 2.24) is 5.32 Å². The fraction of sp³-hybridized carbons (Fsp3) is 0.381. The third-order valence-electron chi connectivity index (χ3n) is 4.31. The van der Waals surface area contributed by atoms with Gasteiger partial charge in [-0.25, -0.2) is 0 Å². The molecule has 2 aromatic carbocycles. The van der Waals surface area contributed by atoms with Gasteiger partial charge in [-0.1, -0.05) is 24.3 Å². The van der Waals surface area contributed by atoms with Gasteiger partial charge < -0.3 is 20.1 Å². The summed E-state index contributed by atoms with van der Waals surface area (Å²) >= 11 is 0. The number of aryl methyl sites for hydroxylation is 2. The van der Waals surface area contributed by atoms with E-state index in [1.165, 1.54) is 0 Å². The van der Waals surface area contributed by atoms with Crippen molar-refractivity contribution in [3.8, 4) is 11.5 Å². The molecule has 0 fully saturated rings. The summed E-state index contributed by atoms with van der Waals surface area (Å²) in [5, 5.41) is 6.32. The number of carbonyl (C=O) groups is 1. The van der Waals surface area contributed by atoms with E-state index < -0.39 is 0 Å². The van der Waals surface area contributed by atoms with Gasteiger partial charge in [0.1, 0.15) is 0 Å². The van der Waals surface area contributed by atoms with Gasteiger partial charge >= 0.3 is 0 Å². The first kappa shape index (κ1) is 19.8. The van der Waals surface area contributed by atoms with Crippen LogP contribution in [0.1, 0.15) is 23.1 Å². The molecule has 26 heavy (non-hydrogen) atoms. The van der Waals surface area contributed by atoms with Crippen LogP contribution in [0.3, 0.4) is 0 Å². The average Bonchev–Trinajstić information content (AvgIpc) is 2.64. The Morgan fingerprint density at radius 1 is 0.962 bits per heavy atom. The molecule has 5 heteroatoms. The Kier molecular flexibility index (Phi) is 7.48. The van der Waals surface area contributed by atoms with Gasteiger partial charge in [0.2, 0.25) is 5.91 Å². The maximum atomic E-state index is 12.1. The number of anilines is 1. The fourth-order valence-corrected chi connectivity index (χ4v) is 2.81. The van der Waals surface area contributed by atoms with E-state index in [0.29, 0.717) is 13.0 Å². The molecule has 0 aliphatic rings. The van der Waals surface area contributed by atoms with Gasteiger partial charge in [-0.3, -0.25) is 4.79 Å². The van der Waals surface area contributed by atoms with Crippen LogP contribution in [0.25, 0.3) is 0 Å². The van der Waals surface area contributed by atoms with Crippen molar-refractivity contribution in [3.05, 3.63) is 53.1 Å². The molecule has 2 aromatic rings. The summed E-state index contributed by atoms with van der Waals surface area (Å²) in [7, 11) is 3.26. The van der Waals surface area contributed by atoms with Crippen LogP contribution in [0.4, 0.5) is 5.69 Å². The molecule has 0 aromatic heterocycles. The minimum Gasteiger partial charge on any atom is -0.493 e. The van der Waals surface area contributed by atoms with E-state index in [9.17, 15) is 4.79 Å². The van der Waals surface area contributed by atoms with Crippen LogP contribution >= 0.6 is 0 Å². The number of para-hydroxylation sites is 1. The molecule has 0 spiro atoms. The highest BCUT2D eigenvalue weighted by Gasteiger charge is 2.07. The molecule has 0 heterocycles. The summed E-state index contributed by atoms with van der Waals surface area (Å²) in [6.07, 6.45) is 1.30. The van der Waals surface area contributed by atoms with Crippen molar-refractivity contribution in [2.45, 2.75) is 26.7 Å². The SMILES string of the molecule is COc1ccc(CCNCCC(=O)Nc2c(C)cccc2C)cc1OC. The maximum absolute atomic E-state index is 12.1. The molecular formula is C21H28N2O3. The molecule has 1 amide bonds. The van der Waals surface area contributed by atoms with Gasteiger partial charge in [0.25, 0.3) is 0 Å². The highest BCUT2D eigenvalue weighted by atomic mass is 16.5. The van der Waals surface area contributed by atoms with E-state index in [-0.39, 0.29) is 5.91 Å². The molecule has 0 saturated heterocycles.